The molecular weight excluding hydrogens is 467 g/mol. The number of halogens is 2. The summed E-state index contributed by atoms with van der Waals surface area (Å²) in [5.41, 5.74) is 4.10. The highest BCUT2D eigenvalue weighted by molar-refractivity contribution is 7.99. The van der Waals surface area contributed by atoms with Gasteiger partial charge in [0.1, 0.15) is 0 Å². The molecule has 9 heteroatoms. The van der Waals surface area contributed by atoms with E-state index in [9.17, 15) is 9.59 Å². The van der Waals surface area contributed by atoms with E-state index in [1.165, 1.54) is 10.8 Å². The number of thioether (sulfide) groups is 1. The van der Waals surface area contributed by atoms with Crippen molar-refractivity contribution in [3.05, 3.63) is 98.8 Å². The van der Waals surface area contributed by atoms with Gasteiger partial charge in [-0.3, -0.25) is 14.2 Å². The zero-order chi connectivity index (χ0) is 22.5. The van der Waals surface area contributed by atoms with E-state index in [1.54, 1.807) is 54.6 Å². The van der Waals surface area contributed by atoms with Crippen LogP contribution >= 0.6 is 35.0 Å². The van der Waals surface area contributed by atoms with Crippen molar-refractivity contribution < 1.29 is 4.79 Å². The van der Waals surface area contributed by atoms with Crippen LogP contribution in [0.15, 0.2) is 87.8 Å². The third-order valence-corrected chi connectivity index (χ3v) is 5.99. The highest BCUT2D eigenvalue weighted by atomic mass is 35.5. The number of aromatic nitrogens is 2. The monoisotopic (exact) mass is 482 g/mol. The van der Waals surface area contributed by atoms with Crippen molar-refractivity contribution in [3.63, 3.8) is 0 Å². The van der Waals surface area contributed by atoms with E-state index >= 15 is 0 Å². The molecule has 4 aromatic rings. The quantitative estimate of drug-likeness (QED) is 0.183. The number of amides is 1. The molecule has 32 heavy (non-hydrogen) atoms. The largest absolute Gasteiger partial charge is 0.272 e. The molecule has 0 aliphatic rings. The lowest BCUT2D eigenvalue weighted by Gasteiger charge is -2.13. The Balaban J connectivity index is 1.57. The van der Waals surface area contributed by atoms with Crippen LogP contribution in [-0.4, -0.2) is 27.4 Å². The molecule has 1 aromatic heterocycles. The molecule has 0 unspecified atom stereocenters. The molecule has 0 spiro atoms. The number of hydrazone groups is 1. The number of rotatable bonds is 6. The number of carbonyl (C=O) groups is 1. The smallest absolute Gasteiger partial charge is 0.266 e. The van der Waals surface area contributed by atoms with Crippen LogP contribution in [0.5, 0.6) is 0 Å². The van der Waals surface area contributed by atoms with Crippen molar-refractivity contribution in [2.75, 3.05) is 5.75 Å². The Hall–Kier alpha value is -3.13. The molecule has 4 rings (SSSR count). The molecule has 1 N–H and O–H groups in total. The van der Waals surface area contributed by atoms with E-state index in [2.05, 4.69) is 15.5 Å². The molecule has 0 aliphatic heterocycles. The minimum atomic E-state index is -0.344. The Morgan fingerprint density at radius 3 is 2.53 bits per heavy atom. The maximum absolute atomic E-state index is 13.2. The number of nitrogens with one attached hydrogen (secondary N) is 1. The van der Waals surface area contributed by atoms with Gasteiger partial charge in [-0.2, -0.15) is 5.10 Å². The second-order valence-corrected chi connectivity index (χ2v) is 8.42. The van der Waals surface area contributed by atoms with Gasteiger partial charge in [-0.15, -0.1) is 0 Å². The van der Waals surface area contributed by atoms with E-state index in [-0.39, 0.29) is 17.2 Å². The molecular formula is C23H16Cl2N4O2S. The minimum absolute atomic E-state index is 0.0121. The van der Waals surface area contributed by atoms with Crippen LogP contribution in [-0.2, 0) is 4.79 Å². The van der Waals surface area contributed by atoms with Crippen molar-refractivity contribution in [2.45, 2.75) is 5.16 Å². The summed E-state index contributed by atoms with van der Waals surface area (Å²) in [5.74, 6) is -0.332. The fourth-order valence-electron chi connectivity index (χ4n) is 2.94. The SMILES string of the molecule is O=C(CSc1nc2ccccc2c(=O)n1-c1ccc(Cl)cc1)NN=Cc1ccccc1Cl. The number of nitrogens with zero attached hydrogens (tertiary/aromatic N) is 3. The predicted octanol–water partition coefficient (Wildman–Crippen LogP) is 4.93. The van der Waals surface area contributed by atoms with Crippen molar-refractivity contribution in [2.24, 2.45) is 5.10 Å². The first-order valence-electron chi connectivity index (χ1n) is 9.50. The number of hydrogen-bond acceptors (Lipinski definition) is 5. The lowest BCUT2D eigenvalue weighted by molar-refractivity contribution is -0.118. The van der Waals surface area contributed by atoms with Crippen LogP contribution in [0.3, 0.4) is 0 Å². The van der Waals surface area contributed by atoms with Crippen molar-refractivity contribution in [1.82, 2.24) is 15.0 Å². The lowest BCUT2D eigenvalue weighted by Crippen LogP contribution is -2.24. The number of para-hydroxylation sites is 1. The maximum atomic E-state index is 13.2. The number of benzene rings is 3. The fraction of sp³-hybridized carbons (Fsp3) is 0.0435. The van der Waals surface area contributed by atoms with Gasteiger partial charge in [0.2, 0.25) is 0 Å². The molecule has 6 nitrogen and oxygen atoms in total. The highest BCUT2D eigenvalue weighted by Crippen LogP contribution is 2.22. The van der Waals surface area contributed by atoms with Gasteiger partial charge in [-0.25, -0.2) is 10.4 Å². The van der Waals surface area contributed by atoms with Gasteiger partial charge in [-0.05, 0) is 42.5 Å². The second kappa shape index (κ2) is 9.99. The molecule has 0 atom stereocenters. The summed E-state index contributed by atoms with van der Waals surface area (Å²) in [6.07, 6.45) is 1.48. The molecule has 1 heterocycles. The molecule has 160 valence electrons. The first kappa shape index (κ1) is 22.1. The van der Waals surface area contributed by atoms with E-state index in [0.717, 1.165) is 11.8 Å². The average molecular weight is 483 g/mol. The van der Waals surface area contributed by atoms with Crippen molar-refractivity contribution >= 4 is 58.0 Å². The van der Waals surface area contributed by atoms with Crippen LogP contribution in [0.4, 0.5) is 0 Å². The van der Waals surface area contributed by atoms with Gasteiger partial charge in [0.25, 0.3) is 11.5 Å². The highest BCUT2D eigenvalue weighted by Gasteiger charge is 2.14. The molecule has 0 saturated carbocycles. The summed E-state index contributed by atoms with van der Waals surface area (Å²) in [5, 5.41) is 5.91. The summed E-state index contributed by atoms with van der Waals surface area (Å²) >= 11 is 13.2. The maximum Gasteiger partial charge on any atom is 0.266 e. The average Bonchev–Trinajstić information content (AvgIpc) is 2.80. The third-order valence-electron chi connectivity index (χ3n) is 4.46. The lowest BCUT2D eigenvalue weighted by atomic mass is 10.2. The molecule has 0 bridgehead atoms. The zero-order valence-corrected chi connectivity index (χ0v) is 18.9. The Kier molecular flexibility index (Phi) is 6.90. The Bertz CT molecular complexity index is 1370. The van der Waals surface area contributed by atoms with Gasteiger partial charge in [0.15, 0.2) is 5.16 Å². The van der Waals surface area contributed by atoms with Crippen LogP contribution in [0.25, 0.3) is 16.6 Å². The molecule has 0 saturated heterocycles. The Labute approximate surface area is 197 Å². The molecule has 3 aromatic carbocycles. The second-order valence-electron chi connectivity index (χ2n) is 6.63. The zero-order valence-electron chi connectivity index (χ0n) is 16.5. The molecule has 0 radical (unpaired) electrons. The van der Waals surface area contributed by atoms with Gasteiger partial charge < -0.3 is 0 Å². The first-order chi connectivity index (χ1) is 15.5. The number of carbonyl (C=O) groups excluding carboxylic acids is 1. The molecule has 0 fully saturated rings. The van der Waals surface area contributed by atoms with Crippen LogP contribution in [0.2, 0.25) is 10.0 Å². The molecule has 0 aliphatic carbocycles. The summed E-state index contributed by atoms with van der Waals surface area (Å²) in [6.45, 7) is 0. The van der Waals surface area contributed by atoms with Gasteiger partial charge in [0.05, 0.1) is 28.6 Å². The van der Waals surface area contributed by atoms with Crippen LogP contribution < -0.4 is 11.0 Å². The van der Waals surface area contributed by atoms with Gasteiger partial charge >= 0.3 is 0 Å². The van der Waals surface area contributed by atoms with Crippen LogP contribution in [0, 0.1) is 0 Å². The minimum Gasteiger partial charge on any atom is -0.272 e. The number of hydrogen-bond donors (Lipinski definition) is 1. The van der Waals surface area contributed by atoms with E-state index in [0.29, 0.717) is 37.4 Å². The number of fused-ring (bicyclic) bond motifs is 1. The van der Waals surface area contributed by atoms with Crippen molar-refractivity contribution in [1.29, 1.82) is 0 Å². The van der Waals surface area contributed by atoms with E-state index < -0.39 is 0 Å². The third kappa shape index (κ3) is 5.02. The Morgan fingerprint density at radius 1 is 1.03 bits per heavy atom. The summed E-state index contributed by atoms with van der Waals surface area (Å²) in [4.78, 5) is 30.1. The van der Waals surface area contributed by atoms with Crippen LogP contribution in [0.1, 0.15) is 5.56 Å². The summed E-state index contributed by atoms with van der Waals surface area (Å²) in [6, 6.07) is 21.1. The first-order valence-corrected chi connectivity index (χ1v) is 11.2. The van der Waals surface area contributed by atoms with Crippen molar-refractivity contribution in [3.8, 4) is 5.69 Å². The molecule has 1 amide bonds. The Morgan fingerprint density at radius 2 is 1.75 bits per heavy atom. The summed E-state index contributed by atoms with van der Waals surface area (Å²) < 4.78 is 1.48. The van der Waals surface area contributed by atoms with E-state index in [4.69, 9.17) is 23.2 Å². The predicted molar refractivity (Wildman–Crippen MR) is 130 cm³/mol. The normalized spacial score (nSPS) is 11.2. The standard InChI is InChI=1S/C23H16Cl2N4O2S/c24-16-9-11-17(12-10-16)29-22(31)18-6-2-4-8-20(18)27-23(29)32-14-21(30)28-26-13-15-5-1-3-7-19(15)25/h1-13H,14H2,(H,28,30). The van der Waals surface area contributed by atoms with Gasteiger partial charge in [0, 0.05) is 15.6 Å². The van der Waals surface area contributed by atoms with E-state index in [1.807, 2.05) is 18.2 Å². The fourth-order valence-corrected chi connectivity index (χ4v) is 4.06. The topological polar surface area (TPSA) is 76.3 Å². The summed E-state index contributed by atoms with van der Waals surface area (Å²) in [7, 11) is 0. The van der Waals surface area contributed by atoms with Gasteiger partial charge in [-0.1, -0.05) is 65.3 Å².